The minimum Gasteiger partial charge on any atom is -0.476 e. The molecule has 1 aromatic heterocycles. The summed E-state index contributed by atoms with van der Waals surface area (Å²) in [4.78, 5) is 18.4. The molecule has 0 amide bonds. The summed E-state index contributed by atoms with van der Waals surface area (Å²) in [5.74, 6) is -0.628. The number of benzene rings is 1. The largest absolute Gasteiger partial charge is 0.476 e. The van der Waals surface area contributed by atoms with Crippen molar-refractivity contribution in [2.24, 2.45) is 0 Å². The second-order valence-electron chi connectivity index (χ2n) is 3.34. The van der Waals surface area contributed by atoms with Crippen molar-refractivity contribution < 1.29 is 9.90 Å². The molecule has 18 heavy (non-hydrogen) atoms. The first-order valence-electron chi connectivity index (χ1n) is 4.83. The quantitative estimate of drug-likeness (QED) is 0.863. The molecule has 0 saturated heterocycles. The second-order valence-corrected chi connectivity index (χ2v) is 5.11. The fourth-order valence-electron chi connectivity index (χ4n) is 1.23. The smallest absolute Gasteiger partial charge is 0.356 e. The number of hydrogen-bond donors (Lipinski definition) is 2. The number of hydrogen-bond acceptors (Lipinski definition) is 4. The zero-order valence-electron chi connectivity index (χ0n) is 8.89. The van der Waals surface area contributed by atoms with Crippen LogP contribution in [0.15, 0.2) is 39.5 Å². The Balaban J connectivity index is 2.23. The number of carboxylic acids is 1. The molecular weight excluding hydrogens is 366 g/mol. The van der Waals surface area contributed by atoms with Gasteiger partial charge in [0.25, 0.3) is 0 Å². The van der Waals surface area contributed by atoms with Crippen molar-refractivity contribution in [3.63, 3.8) is 0 Å². The molecule has 0 aliphatic carbocycles. The van der Waals surface area contributed by atoms with Crippen LogP contribution in [0, 0.1) is 0 Å². The van der Waals surface area contributed by atoms with Crippen molar-refractivity contribution in [2.45, 2.75) is 0 Å². The Morgan fingerprint density at radius 1 is 1.22 bits per heavy atom. The molecule has 5 nitrogen and oxygen atoms in total. The van der Waals surface area contributed by atoms with Crippen LogP contribution in [0.5, 0.6) is 0 Å². The number of aromatic nitrogens is 2. The monoisotopic (exact) mass is 371 g/mol. The van der Waals surface area contributed by atoms with Crippen LogP contribution >= 0.6 is 31.9 Å². The Labute approximate surface area is 120 Å². The Bertz CT molecular complexity index is 587. The topological polar surface area (TPSA) is 75.1 Å². The molecule has 2 aromatic rings. The third kappa shape index (κ3) is 3.05. The minimum atomic E-state index is -1.10. The molecule has 0 spiro atoms. The third-order valence-electron chi connectivity index (χ3n) is 2.06. The van der Waals surface area contributed by atoms with Crippen molar-refractivity contribution in [1.29, 1.82) is 0 Å². The molecule has 0 unspecified atom stereocenters. The lowest BCUT2D eigenvalue weighted by molar-refractivity contribution is 0.0690. The average molecular weight is 373 g/mol. The van der Waals surface area contributed by atoms with Gasteiger partial charge in [-0.15, -0.1) is 0 Å². The molecule has 0 fully saturated rings. The van der Waals surface area contributed by atoms with E-state index in [9.17, 15) is 4.79 Å². The molecule has 0 aliphatic rings. The minimum absolute atomic E-state index is 0.0890. The van der Waals surface area contributed by atoms with Crippen LogP contribution in [0.25, 0.3) is 0 Å². The van der Waals surface area contributed by atoms with Gasteiger partial charge < -0.3 is 10.4 Å². The number of nitrogens with zero attached hydrogens (tertiary/aromatic N) is 2. The van der Waals surface area contributed by atoms with E-state index in [0.717, 1.165) is 14.6 Å². The van der Waals surface area contributed by atoms with Crippen molar-refractivity contribution >= 4 is 49.3 Å². The van der Waals surface area contributed by atoms with Crippen LogP contribution in [0.2, 0.25) is 0 Å². The summed E-state index contributed by atoms with van der Waals surface area (Å²) in [5.41, 5.74) is 0.718. The molecule has 7 heteroatoms. The fourth-order valence-corrected chi connectivity index (χ4v) is 1.94. The first-order chi connectivity index (χ1) is 8.56. The number of anilines is 2. The van der Waals surface area contributed by atoms with E-state index in [-0.39, 0.29) is 5.69 Å². The first kappa shape index (κ1) is 13.0. The molecule has 1 heterocycles. The highest BCUT2D eigenvalue weighted by atomic mass is 79.9. The highest BCUT2D eigenvalue weighted by Gasteiger charge is 2.06. The van der Waals surface area contributed by atoms with Gasteiger partial charge in [0.1, 0.15) is 5.82 Å². The van der Waals surface area contributed by atoms with E-state index >= 15 is 0 Å². The summed E-state index contributed by atoms with van der Waals surface area (Å²) < 4.78 is 1.79. The summed E-state index contributed by atoms with van der Waals surface area (Å²) in [5, 5.41) is 11.7. The lowest BCUT2D eigenvalue weighted by atomic mass is 10.3. The molecular formula is C11H7Br2N3O2. The number of carbonyl (C=O) groups is 1. The van der Waals surface area contributed by atoms with Crippen molar-refractivity contribution in [1.82, 2.24) is 9.97 Å². The van der Waals surface area contributed by atoms with Gasteiger partial charge in [0.05, 0.1) is 18.1 Å². The van der Waals surface area contributed by atoms with Crippen LogP contribution < -0.4 is 5.32 Å². The van der Waals surface area contributed by atoms with E-state index in [1.807, 2.05) is 18.2 Å². The fraction of sp³-hybridized carbons (Fsp3) is 0. The highest BCUT2D eigenvalue weighted by Crippen LogP contribution is 2.28. The zero-order valence-corrected chi connectivity index (χ0v) is 12.1. The standard InChI is InChI=1S/C11H7Br2N3O2/c12-6-1-2-7(13)8(3-6)16-10-5-14-9(4-15-10)11(17)18/h1-5H,(H,15,16)(H,17,18). The Morgan fingerprint density at radius 3 is 2.61 bits per heavy atom. The number of rotatable bonds is 3. The number of carboxylic acid groups (broad SMARTS) is 1. The number of aromatic carboxylic acids is 1. The van der Waals surface area contributed by atoms with E-state index < -0.39 is 5.97 Å². The Kier molecular flexibility index (Phi) is 3.93. The van der Waals surface area contributed by atoms with Crippen LogP contribution in [-0.2, 0) is 0 Å². The maximum atomic E-state index is 10.6. The summed E-state index contributed by atoms with van der Waals surface area (Å²) in [6.45, 7) is 0. The predicted octanol–water partition coefficient (Wildman–Crippen LogP) is 3.44. The molecule has 0 saturated carbocycles. The van der Waals surface area contributed by atoms with Gasteiger partial charge in [0.15, 0.2) is 5.69 Å². The molecule has 1 aromatic carbocycles. The first-order valence-corrected chi connectivity index (χ1v) is 6.42. The van der Waals surface area contributed by atoms with Gasteiger partial charge in [0.2, 0.25) is 0 Å². The molecule has 2 rings (SSSR count). The van der Waals surface area contributed by atoms with Gasteiger partial charge in [-0.2, -0.15) is 0 Å². The Hall–Kier alpha value is -1.47. The van der Waals surface area contributed by atoms with E-state index in [2.05, 4.69) is 47.1 Å². The van der Waals surface area contributed by atoms with E-state index in [1.165, 1.54) is 12.4 Å². The molecule has 2 N–H and O–H groups in total. The third-order valence-corrected chi connectivity index (χ3v) is 3.25. The van der Waals surface area contributed by atoms with Gasteiger partial charge in [-0.05, 0) is 34.1 Å². The number of nitrogens with one attached hydrogen (secondary N) is 1. The average Bonchev–Trinajstić information content (AvgIpc) is 2.34. The Morgan fingerprint density at radius 2 is 2.00 bits per heavy atom. The normalized spacial score (nSPS) is 10.1. The SMILES string of the molecule is O=C(O)c1cnc(Nc2cc(Br)ccc2Br)cn1. The van der Waals surface area contributed by atoms with Gasteiger partial charge in [-0.3, -0.25) is 0 Å². The van der Waals surface area contributed by atoms with Crippen molar-refractivity contribution in [2.75, 3.05) is 5.32 Å². The van der Waals surface area contributed by atoms with E-state index in [0.29, 0.717) is 5.82 Å². The molecule has 0 aliphatic heterocycles. The van der Waals surface area contributed by atoms with Crippen molar-refractivity contribution in [3.05, 3.63) is 45.2 Å². The maximum absolute atomic E-state index is 10.6. The van der Waals surface area contributed by atoms with Gasteiger partial charge in [-0.25, -0.2) is 14.8 Å². The maximum Gasteiger partial charge on any atom is 0.356 e. The molecule has 0 atom stereocenters. The van der Waals surface area contributed by atoms with Crippen LogP contribution in [-0.4, -0.2) is 21.0 Å². The predicted molar refractivity (Wildman–Crippen MR) is 74.1 cm³/mol. The zero-order chi connectivity index (χ0) is 13.1. The summed E-state index contributed by atoms with van der Waals surface area (Å²) in [7, 11) is 0. The van der Waals surface area contributed by atoms with Crippen LogP contribution in [0.1, 0.15) is 10.5 Å². The lowest BCUT2D eigenvalue weighted by Gasteiger charge is -2.07. The second kappa shape index (κ2) is 5.45. The molecule has 0 bridgehead atoms. The molecule has 0 radical (unpaired) electrons. The van der Waals surface area contributed by atoms with E-state index in [4.69, 9.17) is 5.11 Å². The van der Waals surface area contributed by atoms with Gasteiger partial charge >= 0.3 is 5.97 Å². The summed E-state index contributed by atoms with van der Waals surface area (Å²) in [6, 6.07) is 5.65. The number of halogens is 2. The molecule has 92 valence electrons. The summed E-state index contributed by atoms with van der Waals surface area (Å²) in [6.07, 6.45) is 2.58. The van der Waals surface area contributed by atoms with Crippen LogP contribution in [0.4, 0.5) is 11.5 Å². The lowest BCUT2D eigenvalue weighted by Crippen LogP contribution is -2.02. The highest BCUT2D eigenvalue weighted by molar-refractivity contribution is 9.11. The van der Waals surface area contributed by atoms with Crippen LogP contribution in [0.3, 0.4) is 0 Å². The van der Waals surface area contributed by atoms with Crippen molar-refractivity contribution in [3.8, 4) is 0 Å². The van der Waals surface area contributed by atoms with Gasteiger partial charge in [-0.1, -0.05) is 15.9 Å². The summed E-state index contributed by atoms with van der Waals surface area (Å²) >= 11 is 6.77. The van der Waals surface area contributed by atoms with E-state index in [1.54, 1.807) is 0 Å². The van der Waals surface area contributed by atoms with Gasteiger partial charge in [0, 0.05) is 8.95 Å².